The van der Waals surface area contributed by atoms with Crippen LogP contribution in [0.2, 0.25) is 0 Å². The lowest BCUT2D eigenvalue weighted by Gasteiger charge is -2.33. The average molecular weight is 310 g/mol. The third-order valence-electron chi connectivity index (χ3n) is 3.36. The van der Waals surface area contributed by atoms with Crippen molar-refractivity contribution >= 4 is 28.8 Å². The highest BCUT2D eigenvalue weighted by Gasteiger charge is 2.19. The standard InChI is InChI=1S/C14H19FN4OS/c15-11-3-1-2-4-12(11)17-14(20)10-19-7-5-18(6-8-19)9-13(16)21/h1-4H,5-10H2,(H2,16,21)(H,17,20). The first-order chi connectivity index (χ1) is 10.0. The van der Waals surface area contributed by atoms with Gasteiger partial charge < -0.3 is 11.1 Å². The SMILES string of the molecule is NC(=S)CN1CCN(CC(=O)Nc2ccccc2F)CC1. The number of carbonyl (C=O) groups excluding carboxylic acids is 1. The average Bonchev–Trinajstić information content (AvgIpc) is 2.43. The Balaban J connectivity index is 1.77. The van der Waals surface area contributed by atoms with Gasteiger partial charge in [-0.1, -0.05) is 24.4 Å². The molecule has 5 nitrogen and oxygen atoms in total. The van der Waals surface area contributed by atoms with Gasteiger partial charge in [0, 0.05) is 32.7 Å². The monoisotopic (exact) mass is 310 g/mol. The number of carbonyl (C=O) groups is 1. The van der Waals surface area contributed by atoms with E-state index in [1.807, 2.05) is 4.90 Å². The second-order valence-corrected chi connectivity index (χ2v) is 5.57. The summed E-state index contributed by atoms with van der Waals surface area (Å²) in [7, 11) is 0. The highest BCUT2D eigenvalue weighted by molar-refractivity contribution is 7.80. The molecular weight excluding hydrogens is 291 g/mol. The topological polar surface area (TPSA) is 61.6 Å². The van der Waals surface area contributed by atoms with Crippen molar-refractivity contribution in [3.05, 3.63) is 30.1 Å². The largest absolute Gasteiger partial charge is 0.392 e. The third-order valence-corrected chi connectivity index (χ3v) is 3.49. The van der Waals surface area contributed by atoms with Crippen LogP contribution < -0.4 is 11.1 Å². The van der Waals surface area contributed by atoms with E-state index in [2.05, 4.69) is 10.2 Å². The van der Waals surface area contributed by atoms with Gasteiger partial charge >= 0.3 is 0 Å². The Kier molecular flexibility index (Phi) is 5.60. The van der Waals surface area contributed by atoms with Gasteiger partial charge in [0.05, 0.1) is 17.2 Å². The van der Waals surface area contributed by atoms with Crippen molar-refractivity contribution in [1.82, 2.24) is 9.80 Å². The minimum absolute atomic E-state index is 0.206. The van der Waals surface area contributed by atoms with Gasteiger partial charge in [-0.3, -0.25) is 14.6 Å². The summed E-state index contributed by atoms with van der Waals surface area (Å²) in [5.74, 6) is -0.630. The van der Waals surface area contributed by atoms with Gasteiger partial charge in [0.1, 0.15) is 5.82 Å². The quantitative estimate of drug-likeness (QED) is 0.783. The number of nitrogens with zero attached hydrogens (tertiary/aromatic N) is 2. The maximum atomic E-state index is 13.4. The summed E-state index contributed by atoms with van der Waals surface area (Å²) in [6.07, 6.45) is 0. The molecule has 0 saturated carbocycles. The Labute approximate surface area is 128 Å². The summed E-state index contributed by atoms with van der Waals surface area (Å²) in [6.45, 7) is 4.06. The molecule has 2 rings (SSSR count). The lowest BCUT2D eigenvalue weighted by Crippen LogP contribution is -2.50. The lowest BCUT2D eigenvalue weighted by atomic mass is 10.3. The molecule has 0 bridgehead atoms. The van der Waals surface area contributed by atoms with Crippen LogP contribution in [0.4, 0.5) is 10.1 Å². The zero-order chi connectivity index (χ0) is 15.2. The van der Waals surface area contributed by atoms with E-state index >= 15 is 0 Å². The highest BCUT2D eigenvalue weighted by atomic mass is 32.1. The molecule has 114 valence electrons. The van der Waals surface area contributed by atoms with Gasteiger partial charge in [-0.25, -0.2) is 4.39 Å². The summed E-state index contributed by atoms with van der Waals surface area (Å²) in [4.78, 5) is 16.6. The lowest BCUT2D eigenvalue weighted by molar-refractivity contribution is -0.117. The molecule has 0 radical (unpaired) electrons. The van der Waals surface area contributed by atoms with E-state index in [0.29, 0.717) is 11.5 Å². The molecule has 7 heteroatoms. The molecule has 0 aromatic heterocycles. The number of hydrogen-bond donors (Lipinski definition) is 2. The minimum atomic E-state index is -0.424. The maximum absolute atomic E-state index is 13.4. The fourth-order valence-electron chi connectivity index (χ4n) is 2.28. The van der Waals surface area contributed by atoms with E-state index in [1.165, 1.54) is 6.07 Å². The predicted octanol–water partition coefficient (Wildman–Crippen LogP) is 0.668. The normalized spacial score (nSPS) is 16.6. The van der Waals surface area contributed by atoms with Crippen molar-refractivity contribution in [3.8, 4) is 0 Å². The molecule has 1 heterocycles. The predicted molar refractivity (Wildman–Crippen MR) is 84.7 cm³/mol. The molecule has 1 fully saturated rings. The van der Waals surface area contributed by atoms with Crippen LogP contribution >= 0.6 is 12.2 Å². The summed E-state index contributed by atoms with van der Waals surface area (Å²) < 4.78 is 13.4. The minimum Gasteiger partial charge on any atom is -0.392 e. The van der Waals surface area contributed by atoms with Crippen molar-refractivity contribution < 1.29 is 9.18 Å². The van der Waals surface area contributed by atoms with Crippen LogP contribution in [0.1, 0.15) is 0 Å². The molecule has 1 amide bonds. The highest BCUT2D eigenvalue weighted by Crippen LogP contribution is 2.12. The van der Waals surface area contributed by atoms with Crippen LogP contribution in [-0.4, -0.2) is 60.0 Å². The van der Waals surface area contributed by atoms with Crippen LogP contribution in [0.15, 0.2) is 24.3 Å². The van der Waals surface area contributed by atoms with Crippen molar-refractivity contribution in [3.63, 3.8) is 0 Å². The third kappa shape index (κ3) is 5.04. The molecule has 1 aromatic rings. The van der Waals surface area contributed by atoms with Gasteiger partial charge in [-0.2, -0.15) is 0 Å². The summed E-state index contributed by atoms with van der Waals surface area (Å²) in [5.41, 5.74) is 5.73. The maximum Gasteiger partial charge on any atom is 0.238 e. The summed E-state index contributed by atoms with van der Waals surface area (Å²) in [6, 6.07) is 6.15. The first-order valence-corrected chi connectivity index (χ1v) is 7.23. The fraction of sp³-hybridized carbons (Fsp3) is 0.429. The Hall–Kier alpha value is -1.57. The molecule has 0 unspecified atom stereocenters. The first kappa shape index (κ1) is 15.8. The van der Waals surface area contributed by atoms with Gasteiger partial charge in [-0.15, -0.1) is 0 Å². The van der Waals surface area contributed by atoms with Crippen LogP contribution in [0.3, 0.4) is 0 Å². The molecule has 21 heavy (non-hydrogen) atoms. The molecular formula is C14H19FN4OS. The zero-order valence-corrected chi connectivity index (χ0v) is 12.5. The first-order valence-electron chi connectivity index (χ1n) is 6.82. The summed E-state index contributed by atoms with van der Waals surface area (Å²) in [5, 5.41) is 2.59. The van der Waals surface area contributed by atoms with E-state index in [4.69, 9.17) is 18.0 Å². The molecule has 3 N–H and O–H groups in total. The van der Waals surface area contributed by atoms with E-state index in [1.54, 1.807) is 18.2 Å². The number of benzene rings is 1. The van der Waals surface area contributed by atoms with E-state index in [0.717, 1.165) is 26.2 Å². The molecule has 0 aliphatic carbocycles. The number of rotatable bonds is 5. The number of anilines is 1. The fourth-order valence-corrected chi connectivity index (χ4v) is 2.46. The Morgan fingerprint density at radius 2 is 1.76 bits per heavy atom. The number of thiocarbonyl (C=S) groups is 1. The molecule has 0 atom stereocenters. The Bertz CT molecular complexity index is 517. The summed E-state index contributed by atoms with van der Waals surface area (Å²) >= 11 is 4.88. The molecule has 1 aliphatic rings. The van der Waals surface area contributed by atoms with Crippen LogP contribution in [0.25, 0.3) is 0 Å². The van der Waals surface area contributed by atoms with Crippen LogP contribution in [-0.2, 0) is 4.79 Å². The van der Waals surface area contributed by atoms with E-state index in [9.17, 15) is 9.18 Å². The number of para-hydroxylation sites is 1. The molecule has 1 saturated heterocycles. The Morgan fingerprint density at radius 1 is 1.19 bits per heavy atom. The number of hydrogen-bond acceptors (Lipinski definition) is 4. The molecule has 0 spiro atoms. The van der Waals surface area contributed by atoms with Crippen molar-refractivity contribution in [2.75, 3.05) is 44.6 Å². The number of nitrogens with two attached hydrogens (primary N) is 1. The van der Waals surface area contributed by atoms with E-state index in [-0.39, 0.29) is 18.1 Å². The number of halogens is 1. The van der Waals surface area contributed by atoms with Gasteiger partial charge in [0.2, 0.25) is 5.91 Å². The van der Waals surface area contributed by atoms with Gasteiger partial charge in [0.25, 0.3) is 0 Å². The van der Waals surface area contributed by atoms with Crippen molar-refractivity contribution in [2.45, 2.75) is 0 Å². The van der Waals surface area contributed by atoms with Crippen molar-refractivity contribution in [2.24, 2.45) is 5.73 Å². The Morgan fingerprint density at radius 3 is 2.33 bits per heavy atom. The number of nitrogens with one attached hydrogen (secondary N) is 1. The number of piperazine rings is 1. The number of amides is 1. The van der Waals surface area contributed by atoms with Gasteiger partial charge in [0.15, 0.2) is 0 Å². The second-order valence-electron chi connectivity index (χ2n) is 5.05. The molecule has 1 aromatic carbocycles. The van der Waals surface area contributed by atoms with E-state index < -0.39 is 5.82 Å². The second kappa shape index (κ2) is 7.44. The van der Waals surface area contributed by atoms with Crippen molar-refractivity contribution in [1.29, 1.82) is 0 Å². The molecule has 1 aliphatic heterocycles. The smallest absolute Gasteiger partial charge is 0.238 e. The van der Waals surface area contributed by atoms with Crippen LogP contribution in [0.5, 0.6) is 0 Å². The van der Waals surface area contributed by atoms with Gasteiger partial charge in [-0.05, 0) is 12.1 Å². The van der Waals surface area contributed by atoms with Crippen LogP contribution in [0, 0.1) is 5.82 Å². The zero-order valence-electron chi connectivity index (χ0n) is 11.7.